The zero-order chi connectivity index (χ0) is 15.4. The van der Waals surface area contributed by atoms with E-state index in [9.17, 15) is 9.59 Å². The summed E-state index contributed by atoms with van der Waals surface area (Å²) in [5, 5.41) is 5.43. The maximum Gasteiger partial charge on any atom is 0.414 e. The number of benzene rings is 2. The molecule has 1 heterocycles. The summed E-state index contributed by atoms with van der Waals surface area (Å²) in [6, 6.07) is 14.7. The van der Waals surface area contributed by atoms with Crippen LogP contribution in [0.15, 0.2) is 48.5 Å². The van der Waals surface area contributed by atoms with E-state index < -0.39 is 12.0 Å². The molecule has 1 aliphatic rings. The maximum absolute atomic E-state index is 12.0. The minimum atomic E-state index is -0.748. The lowest BCUT2D eigenvalue weighted by molar-refractivity contribution is 0.0912. The Morgan fingerprint density at radius 2 is 1.95 bits per heavy atom. The van der Waals surface area contributed by atoms with Crippen molar-refractivity contribution >= 4 is 17.7 Å². The van der Waals surface area contributed by atoms with Crippen LogP contribution < -0.4 is 10.6 Å². The summed E-state index contributed by atoms with van der Waals surface area (Å²) >= 11 is 0. The number of fused-ring (bicyclic) bond motifs is 1. The Kier molecular flexibility index (Phi) is 4.05. The van der Waals surface area contributed by atoms with Crippen molar-refractivity contribution < 1.29 is 14.3 Å². The Morgan fingerprint density at radius 1 is 1.14 bits per heavy atom. The monoisotopic (exact) mass is 296 g/mol. The van der Waals surface area contributed by atoms with Crippen LogP contribution in [-0.4, -0.2) is 18.5 Å². The van der Waals surface area contributed by atoms with Gasteiger partial charge in [0.2, 0.25) is 0 Å². The smallest absolute Gasteiger partial charge is 0.414 e. The molecule has 1 aliphatic heterocycles. The van der Waals surface area contributed by atoms with Crippen molar-refractivity contribution in [2.24, 2.45) is 0 Å². The minimum absolute atomic E-state index is 0.131. The van der Waals surface area contributed by atoms with E-state index >= 15 is 0 Å². The van der Waals surface area contributed by atoms with Gasteiger partial charge in [-0.3, -0.25) is 10.1 Å². The predicted octanol–water partition coefficient (Wildman–Crippen LogP) is 2.72. The second-order valence-corrected chi connectivity index (χ2v) is 5.06. The molecular formula is C17H16N2O3. The average molecular weight is 296 g/mol. The lowest BCUT2D eigenvalue weighted by Crippen LogP contribution is -2.30. The predicted molar refractivity (Wildman–Crippen MR) is 82.7 cm³/mol. The molecule has 0 bridgehead atoms. The van der Waals surface area contributed by atoms with Gasteiger partial charge in [0.25, 0.3) is 5.91 Å². The number of amides is 2. The standard InChI is InChI=1S/C17H16N2O3/c20-16(14-7-6-13-8-9-18-15(13)10-14)19-17(21)22-11-12-4-2-1-3-5-12/h1-7,10,18H,8-9,11H2,(H,19,20,21). The Labute approximate surface area is 128 Å². The second kappa shape index (κ2) is 6.30. The van der Waals surface area contributed by atoms with E-state index in [0.717, 1.165) is 24.2 Å². The number of anilines is 1. The molecule has 112 valence electrons. The molecule has 0 saturated carbocycles. The first-order valence-corrected chi connectivity index (χ1v) is 7.11. The third-order valence-corrected chi connectivity index (χ3v) is 3.51. The van der Waals surface area contributed by atoms with Gasteiger partial charge in [0.15, 0.2) is 0 Å². The molecule has 5 nitrogen and oxygen atoms in total. The summed E-state index contributed by atoms with van der Waals surface area (Å²) in [4.78, 5) is 23.7. The van der Waals surface area contributed by atoms with Crippen LogP contribution >= 0.6 is 0 Å². The maximum atomic E-state index is 12.0. The minimum Gasteiger partial charge on any atom is -0.444 e. The number of hydrogen-bond donors (Lipinski definition) is 2. The van der Waals surface area contributed by atoms with E-state index in [0.29, 0.717) is 5.56 Å². The highest BCUT2D eigenvalue weighted by molar-refractivity contribution is 6.03. The molecule has 0 radical (unpaired) electrons. The van der Waals surface area contributed by atoms with Crippen molar-refractivity contribution in [2.75, 3.05) is 11.9 Å². The molecule has 0 aliphatic carbocycles. The number of ether oxygens (including phenoxy) is 1. The van der Waals surface area contributed by atoms with Gasteiger partial charge in [0, 0.05) is 17.8 Å². The van der Waals surface area contributed by atoms with Crippen LogP contribution in [0.25, 0.3) is 0 Å². The van der Waals surface area contributed by atoms with Gasteiger partial charge >= 0.3 is 6.09 Å². The van der Waals surface area contributed by atoms with Gasteiger partial charge in [0.1, 0.15) is 6.61 Å². The fraction of sp³-hybridized carbons (Fsp3) is 0.176. The highest BCUT2D eigenvalue weighted by Crippen LogP contribution is 2.23. The number of carbonyl (C=O) groups is 2. The van der Waals surface area contributed by atoms with Gasteiger partial charge in [0.05, 0.1) is 0 Å². The van der Waals surface area contributed by atoms with Crippen LogP contribution in [0.3, 0.4) is 0 Å². The summed E-state index contributed by atoms with van der Waals surface area (Å²) in [5.41, 5.74) is 3.44. The third kappa shape index (κ3) is 3.25. The van der Waals surface area contributed by atoms with E-state index in [1.165, 1.54) is 5.56 Å². The zero-order valence-corrected chi connectivity index (χ0v) is 12.0. The lowest BCUT2D eigenvalue weighted by Gasteiger charge is -2.07. The van der Waals surface area contributed by atoms with Gasteiger partial charge in [-0.1, -0.05) is 36.4 Å². The summed E-state index contributed by atoms with van der Waals surface area (Å²) in [6.07, 6.45) is 0.207. The van der Waals surface area contributed by atoms with Crippen LogP contribution in [0.2, 0.25) is 0 Å². The van der Waals surface area contributed by atoms with E-state index in [-0.39, 0.29) is 6.61 Å². The van der Waals surface area contributed by atoms with Crippen LogP contribution in [0.5, 0.6) is 0 Å². The van der Waals surface area contributed by atoms with Crippen LogP contribution in [0.4, 0.5) is 10.5 Å². The van der Waals surface area contributed by atoms with Crippen molar-refractivity contribution in [3.63, 3.8) is 0 Å². The number of hydrogen-bond acceptors (Lipinski definition) is 4. The molecule has 5 heteroatoms. The molecule has 0 fully saturated rings. The number of carbonyl (C=O) groups excluding carboxylic acids is 2. The van der Waals surface area contributed by atoms with E-state index in [1.54, 1.807) is 12.1 Å². The van der Waals surface area contributed by atoms with E-state index in [1.807, 2.05) is 36.4 Å². The first-order valence-electron chi connectivity index (χ1n) is 7.11. The number of imide groups is 1. The topological polar surface area (TPSA) is 67.4 Å². The molecule has 2 aromatic rings. The van der Waals surface area contributed by atoms with Crippen LogP contribution in [0.1, 0.15) is 21.5 Å². The molecule has 0 spiro atoms. The van der Waals surface area contributed by atoms with Gasteiger partial charge in [-0.15, -0.1) is 0 Å². The SMILES string of the molecule is O=C(NC(=O)c1ccc2c(c1)NCC2)OCc1ccccc1. The number of nitrogens with one attached hydrogen (secondary N) is 2. The van der Waals surface area contributed by atoms with Crippen LogP contribution in [0, 0.1) is 0 Å². The van der Waals surface area contributed by atoms with E-state index in [4.69, 9.17) is 4.74 Å². The number of alkyl carbamates (subject to hydrolysis) is 1. The van der Waals surface area contributed by atoms with Gasteiger partial charge < -0.3 is 10.1 Å². The van der Waals surface area contributed by atoms with Gasteiger partial charge in [-0.05, 0) is 29.7 Å². The Hall–Kier alpha value is -2.82. The zero-order valence-electron chi connectivity index (χ0n) is 12.0. The van der Waals surface area contributed by atoms with Crippen molar-refractivity contribution in [1.82, 2.24) is 5.32 Å². The quantitative estimate of drug-likeness (QED) is 0.914. The van der Waals surface area contributed by atoms with Gasteiger partial charge in [-0.2, -0.15) is 0 Å². The normalized spacial score (nSPS) is 12.2. The van der Waals surface area contributed by atoms with Crippen molar-refractivity contribution in [3.8, 4) is 0 Å². The Morgan fingerprint density at radius 3 is 2.77 bits per heavy atom. The molecule has 2 amide bonds. The molecule has 0 unspecified atom stereocenters. The summed E-state index contributed by atoms with van der Waals surface area (Å²) < 4.78 is 5.03. The molecule has 22 heavy (non-hydrogen) atoms. The molecular weight excluding hydrogens is 280 g/mol. The average Bonchev–Trinajstić information content (AvgIpc) is 3.01. The third-order valence-electron chi connectivity index (χ3n) is 3.51. The van der Waals surface area contributed by atoms with Crippen molar-refractivity contribution in [2.45, 2.75) is 13.0 Å². The summed E-state index contributed by atoms with van der Waals surface area (Å²) in [7, 11) is 0. The molecule has 0 saturated heterocycles. The first kappa shape index (κ1) is 14.1. The lowest BCUT2D eigenvalue weighted by atomic mass is 10.1. The molecule has 2 aromatic carbocycles. The van der Waals surface area contributed by atoms with Crippen molar-refractivity contribution in [3.05, 3.63) is 65.2 Å². The molecule has 2 N–H and O–H groups in total. The van der Waals surface area contributed by atoms with Crippen molar-refractivity contribution in [1.29, 1.82) is 0 Å². The summed E-state index contributed by atoms with van der Waals surface area (Å²) in [5.74, 6) is -0.463. The highest BCUT2D eigenvalue weighted by atomic mass is 16.5. The highest BCUT2D eigenvalue weighted by Gasteiger charge is 2.15. The fourth-order valence-electron chi connectivity index (χ4n) is 2.36. The Balaban J connectivity index is 1.56. The molecule has 3 rings (SSSR count). The Bertz CT molecular complexity index is 698. The molecule has 0 atom stereocenters. The summed E-state index contributed by atoms with van der Waals surface area (Å²) in [6.45, 7) is 1.01. The van der Waals surface area contributed by atoms with Crippen LogP contribution in [-0.2, 0) is 17.8 Å². The number of rotatable bonds is 3. The van der Waals surface area contributed by atoms with Gasteiger partial charge in [-0.25, -0.2) is 4.79 Å². The molecule has 0 aromatic heterocycles. The van der Waals surface area contributed by atoms with E-state index in [2.05, 4.69) is 10.6 Å². The second-order valence-electron chi connectivity index (χ2n) is 5.06. The fourth-order valence-corrected chi connectivity index (χ4v) is 2.36. The first-order chi connectivity index (χ1) is 10.7. The largest absolute Gasteiger partial charge is 0.444 e.